The minimum absolute atomic E-state index is 0.0451. The van der Waals surface area contributed by atoms with Crippen LogP contribution >= 0.6 is 0 Å². The van der Waals surface area contributed by atoms with E-state index in [1.165, 1.54) is 64.4 Å². The number of benzene rings is 1. The van der Waals surface area contributed by atoms with Crippen molar-refractivity contribution in [3.8, 4) is 0 Å². The number of methoxy groups -OCH3 is 1. The zero-order valence-electron chi connectivity index (χ0n) is 36.0. The minimum atomic E-state index is -2.45. The van der Waals surface area contributed by atoms with Gasteiger partial charge in [-0.25, -0.2) is 19.2 Å². The first kappa shape index (κ1) is 46.1. The maximum atomic E-state index is 15.5. The van der Waals surface area contributed by atoms with Gasteiger partial charge in [-0.15, -0.1) is 0 Å². The molecule has 0 radical (unpaired) electrons. The Balaban J connectivity index is 1.55. The molecule has 2 heterocycles. The Morgan fingerprint density at radius 2 is 1.63 bits per heavy atom. The smallest absolute Gasteiger partial charge is 0.456 e. The Morgan fingerprint density at radius 3 is 2.19 bits per heavy atom. The topological polar surface area (TPSA) is 253 Å². The molecule has 1 saturated heterocycles. The zero-order chi connectivity index (χ0) is 45.7. The molecule has 1 amide bonds. The third kappa shape index (κ3) is 7.93. The van der Waals surface area contributed by atoms with Gasteiger partial charge in [0.05, 0.1) is 42.8 Å². The molecule has 18 heteroatoms. The van der Waals surface area contributed by atoms with Gasteiger partial charge in [0.15, 0.2) is 23.6 Å². The number of aromatic nitrogens is 1. The molecule has 2 saturated carbocycles. The summed E-state index contributed by atoms with van der Waals surface area (Å²) in [7, 11) is 1.01. The number of nitrogens with zero attached hydrogens (tertiary/aromatic N) is 1. The van der Waals surface area contributed by atoms with E-state index in [4.69, 9.17) is 33.2 Å². The number of ether oxygens (including phenoxy) is 7. The van der Waals surface area contributed by atoms with Gasteiger partial charge >= 0.3 is 30.2 Å². The van der Waals surface area contributed by atoms with E-state index in [9.17, 15) is 39.3 Å². The molecule has 4 aliphatic rings. The summed E-state index contributed by atoms with van der Waals surface area (Å²) in [6.45, 7) is 11.5. The second-order valence-corrected chi connectivity index (χ2v) is 18.0. The maximum Gasteiger partial charge on any atom is 0.509 e. The Kier molecular flexibility index (Phi) is 12.4. The summed E-state index contributed by atoms with van der Waals surface area (Å²) in [6.07, 6.45) is -10.5. The van der Waals surface area contributed by atoms with Gasteiger partial charge in [-0.05, 0) is 75.6 Å². The van der Waals surface area contributed by atoms with E-state index in [2.05, 4.69) is 10.3 Å². The van der Waals surface area contributed by atoms with E-state index >= 15 is 4.79 Å². The minimum Gasteiger partial charge on any atom is -0.456 e. The van der Waals surface area contributed by atoms with Crippen LogP contribution in [0.15, 0.2) is 66.0 Å². The van der Waals surface area contributed by atoms with Gasteiger partial charge in [-0.3, -0.25) is 14.6 Å². The van der Waals surface area contributed by atoms with Crippen molar-refractivity contribution in [2.75, 3.05) is 13.7 Å². The van der Waals surface area contributed by atoms with Crippen LogP contribution in [0.3, 0.4) is 0 Å². The quantitative estimate of drug-likeness (QED) is 0.160. The van der Waals surface area contributed by atoms with Gasteiger partial charge in [0.1, 0.15) is 29.5 Å². The average molecular weight is 867 g/mol. The lowest BCUT2D eigenvalue weighted by Gasteiger charge is -2.67. The highest BCUT2D eigenvalue weighted by molar-refractivity contribution is 5.95. The fraction of sp³-hybridized carbons (Fsp3) is 0.568. The van der Waals surface area contributed by atoms with E-state index in [0.29, 0.717) is 0 Å². The highest BCUT2D eigenvalue weighted by Crippen LogP contribution is 2.64. The summed E-state index contributed by atoms with van der Waals surface area (Å²) >= 11 is 0. The van der Waals surface area contributed by atoms with Crippen LogP contribution in [-0.2, 0) is 47.5 Å². The van der Waals surface area contributed by atoms with Crippen LogP contribution in [0.25, 0.3) is 0 Å². The van der Waals surface area contributed by atoms with E-state index in [1.807, 2.05) is 0 Å². The van der Waals surface area contributed by atoms with Crippen molar-refractivity contribution in [3.05, 3.63) is 77.1 Å². The number of ketones is 1. The summed E-state index contributed by atoms with van der Waals surface area (Å²) in [6, 6.07) is 9.21. The number of rotatable bonds is 9. The number of Topliss-reactive ketones (excluding diaryl/α,β-unsaturated/α-hetero) is 1. The molecule has 62 heavy (non-hydrogen) atoms. The highest BCUT2D eigenvalue weighted by Gasteiger charge is 2.78. The van der Waals surface area contributed by atoms with Gasteiger partial charge in [0.25, 0.3) is 0 Å². The summed E-state index contributed by atoms with van der Waals surface area (Å²) < 4.78 is 40.3. The lowest BCUT2D eigenvalue weighted by atomic mass is 9.44. The molecule has 18 nitrogen and oxygen atoms in total. The molecule has 2 aromatic rings. The standard InChI is InChI=1S/C44H54N2O16/c1-22-26(58-37(52)31(49)30(24-15-17-45-18-16-24)46-38(53)62-40(3,4)5)20-44(55)35(60-36(51)25-13-11-10-12-14-25)33-42(8,27(48)19-28-43(33,21-57-28)61-23(2)47)34(50)32(59-39(54)56-9)29(22)41(44,6)7/h10-18,26-28,30-33,35,48-49,55H,19-21H2,1-9H3,(H,46,53)/t26-,27-,28+,30-,31+,32+,33?,35?,42+,43-,44+/m0/s1. The number of amides is 1. The highest BCUT2D eigenvalue weighted by atomic mass is 16.7. The van der Waals surface area contributed by atoms with Crippen LogP contribution in [-0.4, -0.2) is 123 Å². The van der Waals surface area contributed by atoms with E-state index in [-0.39, 0.29) is 35.3 Å². The van der Waals surface area contributed by atoms with Crippen molar-refractivity contribution in [2.24, 2.45) is 16.7 Å². The lowest BCUT2D eigenvalue weighted by Crippen LogP contribution is -2.82. The van der Waals surface area contributed by atoms with Crippen molar-refractivity contribution >= 4 is 35.9 Å². The van der Waals surface area contributed by atoms with Gasteiger partial charge in [0.2, 0.25) is 0 Å². The van der Waals surface area contributed by atoms with E-state index < -0.39 is 119 Å². The number of carbonyl (C=O) groups excluding carboxylic acids is 6. The fourth-order valence-electron chi connectivity index (χ4n) is 9.69. The molecule has 0 spiro atoms. The summed E-state index contributed by atoms with van der Waals surface area (Å²) in [5.74, 6) is -5.61. The third-order valence-corrected chi connectivity index (χ3v) is 12.8. The van der Waals surface area contributed by atoms with Crippen LogP contribution in [0.2, 0.25) is 0 Å². The second-order valence-electron chi connectivity index (χ2n) is 18.0. The van der Waals surface area contributed by atoms with Crippen molar-refractivity contribution < 1.29 is 77.2 Å². The predicted molar refractivity (Wildman–Crippen MR) is 213 cm³/mol. The molecule has 11 atom stereocenters. The zero-order valence-corrected chi connectivity index (χ0v) is 36.0. The largest absolute Gasteiger partial charge is 0.509 e. The monoisotopic (exact) mass is 866 g/mol. The maximum absolute atomic E-state index is 15.5. The summed E-state index contributed by atoms with van der Waals surface area (Å²) in [5.41, 5.74) is -8.77. The number of aliphatic hydroxyl groups excluding tert-OH is 2. The van der Waals surface area contributed by atoms with Gasteiger partial charge in [-0.1, -0.05) is 32.0 Å². The summed E-state index contributed by atoms with van der Waals surface area (Å²) in [4.78, 5) is 87.1. The van der Waals surface area contributed by atoms with Crippen LogP contribution in [0.4, 0.5) is 9.59 Å². The Morgan fingerprint density at radius 1 is 0.984 bits per heavy atom. The number of carbonyl (C=O) groups is 6. The second kappa shape index (κ2) is 16.7. The molecule has 1 aromatic heterocycles. The summed E-state index contributed by atoms with van der Waals surface area (Å²) in [5, 5.41) is 39.9. The third-order valence-electron chi connectivity index (χ3n) is 12.8. The molecule has 6 rings (SSSR count). The molecular formula is C44H54N2O16. The number of hydrogen-bond acceptors (Lipinski definition) is 17. The first-order valence-electron chi connectivity index (χ1n) is 20.2. The molecule has 4 N–H and O–H groups in total. The number of alkyl carbamates (subject to hydrolysis) is 1. The molecule has 3 fully saturated rings. The number of pyridine rings is 1. The van der Waals surface area contributed by atoms with Crippen LogP contribution in [0.5, 0.6) is 0 Å². The number of hydrogen-bond donors (Lipinski definition) is 4. The molecule has 2 unspecified atom stereocenters. The van der Waals surface area contributed by atoms with Gasteiger partial charge < -0.3 is 53.8 Å². The van der Waals surface area contributed by atoms with Gasteiger partial charge in [0, 0.05) is 37.6 Å². The lowest BCUT2D eigenvalue weighted by molar-refractivity contribution is -0.346. The molecule has 1 aromatic carbocycles. The van der Waals surface area contributed by atoms with Gasteiger partial charge in [-0.2, -0.15) is 0 Å². The average Bonchev–Trinajstić information content (AvgIpc) is 3.20. The number of aliphatic hydroxyl groups is 3. The van der Waals surface area contributed by atoms with Crippen LogP contribution < -0.4 is 5.32 Å². The van der Waals surface area contributed by atoms with Crippen LogP contribution in [0.1, 0.15) is 90.2 Å². The molecule has 1 aliphatic heterocycles. The van der Waals surface area contributed by atoms with Crippen molar-refractivity contribution in [2.45, 2.75) is 128 Å². The van der Waals surface area contributed by atoms with Crippen molar-refractivity contribution in [1.82, 2.24) is 10.3 Å². The first-order chi connectivity index (χ1) is 28.9. The fourth-order valence-corrected chi connectivity index (χ4v) is 9.69. The molecule has 336 valence electrons. The Labute approximate surface area is 358 Å². The predicted octanol–water partition coefficient (Wildman–Crippen LogP) is 3.45. The molecule has 3 aliphatic carbocycles. The van der Waals surface area contributed by atoms with Crippen molar-refractivity contribution in [1.29, 1.82) is 0 Å². The number of fused-ring (bicyclic) bond motifs is 5. The molecular weight excluding hydrogens is 812 g/mol. The normalized spacial score (nSPS) is 32.1. The molecule has 2 bridgehead atoms. The number of nitrogens with one attached hydrogen (secondary N) is 1. The number of esters is 3. The van der Waals surface area contributed by atoms with E-state index in [0.717, 1.165) is 14.0 Å². The Bertz CT molecular complexity index is 2120. The SMILES string of the molecule is COC(=O)O[C@H]1C(=O)[C@@]2(C)C(C(OC(=O)c3ccccc3)[C@]3(O)C[C@H](OC(=O)[C@H](O)[C@@H](NC(=O)OC(C)(C)C)c4ccncc4)C(C)=C1C3(C)C)[C@]1(OC(C)=O)CO[C@@H]1C[C@@H]2O. The van der Waals surface area contributed by atoms with Crippen LogP contribution in [0, 0.1) is 16.7 Å². The van der Waals surface area contributed by atoms with E-state index in [1.54, 1.807) is 39.0 Å². The first-order valence-corrected chi connectivity index (χ1v) is 20.2. The van der Waals surface area contributed by atoms with Crippen molar-refractivity contribution in [3.63, 3.8) is 0 Å². The Hall–Kier alpha value is -5.43.